The van der Waals surface area contributed by atoms with E-state index in [9.17, 15) is 13.2 Å². The highest BCUT2D eigenvalue weighted by molar-refractivity contribution is 7.89. The zero-order chi connectivity index (χ0) is 12.2. The number of rotatable bonds is 6. The summed E-state index contributed by atoms with van der Waals surface area (Å²) in [5.41, 5.74) is -0.0806. The Morgan fingerprint density at radius 3 is 2.88 bits per heavy atom. The van der Waals surface area contributed by atoms with Crippen LogP contribution in [0.5, 0.6) is 0 Å². The number of nitrogens with zero attached hydrogens (tertiary/aromatic N) is 1. The Morgan fingerprint density at radius 1 is 1.69 bits per heavy atom. The maximum absolute atomic E-state index is 11.2. The zero-order valence-electron chi connectivity index (χ0n) is 8.21. The number of hydrogen-bond donors (Lipinski definition) is 2. The molecular formula is C8H10N2O4S2. The minimum Gasteiger partial charge on any atom is -0.476 e. The van der Waals surface area contributed by atoms with Crippen LogP contribution < -0.4 is 4.72 Å². The number of carbonyl (C=O) groups is 1. The summed E-state index contributed by atoms with van der Waals surface area (Å²) in [6.07, 6.45) is 1.27. The van der Waals surface area contributed by atoms with Crippen molar-refractivity contribution in [2.45, 2.75) is 6.54 Å². The molecule has 1 aromatic rings. The van der Waals surface area contributed by atoms with Gasteiger partial charge >= 0.3 is 5.97 Å². The van der Waals surface area contributed by atoms with E-state index in [1.165, 1.54) is 11.5 Å². The highest BCUT2D eigenvalue weighted by Crippen LogP contribution is 2.09. The van der Waals surface area contributed by atoms with Gasteiger partial charge in [0, 0.05) is 5.38 Å². The lowest BCUT2D eigenvalue weighted by atomic mass is 10.5. The summed E-state index contributed by atoms with van der Waals surface area (Å²) in [7, 11) is -3.39. The van der Waals surface area contributed by atoms with Crippen molar-refractivity contribution in [2.75, 3.05) is 5.75 Å². The third kappa shape index (κ3) is 3.72. The summed E-state index contributed by atoms with van der Waals surface area (Å²) in [5.74, 6) is -1.30. The largest absolute Gasteiger partial charge is 0.476 e. The Labute approximate surface area is 96.7 Å². The van der Waals surface area contributed by atoms with Crippen LogP contribution in [0.3, 0.4) is 0 Å². The van der Waals surface area contributed by atoms with Gasteiger partial charge in [-0.1, -0.05) is 6.08 Å². The minimum absolute atomic E-state index is 0.00583. The van der Waals surface area contributed by atoms with E-state index in [2.05, 4.69) is 16.3 Å². The maximum Gasteiger partial charge on any atom is 0.355 e. The van der Waals surface area contributed by atoms with E-state index in [1.807, 2.05) is 0 Å². The molecule has 0 fully saturated rings. The summed E-state index contributed by atoms with van der Waals surface area (Å²) < 4.78 is 24.7. The molecule has 0 radical (unpaired) electrons. The van der Waals surface area contributed by atoms with Gasteiger partial charge in [0.25, 0.3) is 0 Å². The number of carboxylic acids is 1. The van der Waals surface area contributed by atoms with Crippen LogP contribution in [0.15, 0.2) is 18.0 Å². The van der Waals surface area contributed by atoms with Gasteiger partial charge in [-0.2, -0.15) is 0 Å². The first-order chi connectivity index (χ1) is 7.44. The maximum atomic E-state index is 11.2. The van der Waals surface area contributed by atoms with Gasteiger partial charge in [-0.05, 0) is 0 Å². The summed E-state index contributed by atoms with van der Waals surface area (Å²) in [6, 6.07) is 0. The van der Waals surface area contributed by atoms with Crippen molar-refractivity contribution < 1.29 is 18.3 Å². The molecule has 0 unspecified atom stereocenters. The second kappa shape index (κ2) is 5.19. The van der Waals surface area contributed by atoms with Crippen molar-refractivity contribution in [1.29, 1.82) is 0 Å². The Hall–Kier alpha value is -1.25. The van der Waals surface area contributed by atoms with Gasteiger partial charge in [0.2, 0.25) is 10.0 Å². The first-order valence-corrected chi connectivity index (χ1v) is 6.74. The predicted octanol–water partition coefficient (Wildman–Crippen LogP) is 0.447. The fourth-order valence-corrected chi connectivity index (χ4v) is 2.46. The number of aromatic nitrogens is 1. The summed E-state index contributed by atoms with van der Waals surface area (Å²) >= 11 is 1.09. The first-order valence-electron chi connectivity index (χ1n) is 4.20. The van der Waals surface area contributed by atoms with Gasteiger partial charge in [0.15, 0.2) is 5.69 Å². The van der Waals surface area contributed by atoms with Crippen molar-refractivity contribution in [3.63, 3.8) is 0 Å². The van der Waals surface area contributed by atoms with E-state index < -0.39 is 16.0 Å². The van der Waals surface area contributed by atoms with E-state index >= 15 is 0 Å². The zero-order valence-corrected chi connectivity index (χ0v) is 9.84. The molecule has 0 atom stereocenters. The van der Waals surface area contributed by atoms with Crippen molar-refractivity contribution in [3.05, 3.63) is 28.7 Å². The monoisotopic (exact) mass is 262 g/mol. The van der Waals surface area contributed by atoms with Crippen LogP contribution in [-0.4, -0.2) is 30.2 Å². The fraction of sp³-hybridized carbons (Fsp3) is 0.250. The quantitative estimate of drug-likeness (QED) is 0.725. The van der Waals surface area contributed by atoms with Gasteiger partial charge in [0.05, 0.1) is 12.3 Å². The normalized spacial score (nSPS) is 11.2. The molecule has 88 valence electrons. The van der Waals surface area contributed by atoms with Crippen LogP contribution in [0.25, 0.3) is 0 Å². The number of aromatic carboxylic acids is 1. The lowest BCUT2D eigenvalue weighted by molar-refractivity contribution is 0.0691. The molecular weight excluding hydrogens is 252 g/mol. The van der Waals surface area contributed by atoms with Crippen LogP contribution in [-0.2, 0) is 16.6 Å². The Morgan fingerprint density at radius 2 is 2.38 bits per heavy atom. The first kappa shape index (κ1) is 12.8. The van der Waals surface area contributed by atoms with E-state index in [4.69, 9.17) is 5.11 Å². The van der Waals surface area contributed by atoms with E-state index in [-0.39, 0.29) is 18.0 Å². The molecule has 1 heterocycles. The van der Waals surface area contributed by atoms with Crippen LogP contribution in [0.2, 0.25) is 0 Å². The average Bonchev–Trinajstić information content (AvgIpc) is 2.63. The van der Waals surface area contributed by atoms with Gasteiger partial charge in [-0.3, -0.25) is 0 Å². The van der Waals surface area contributed by atoms with Crippen LogP contribution in [0, 0.1) is 0 Å². The van der Waals surface area contributed by atoms with Crippen LogP contribution in [0.4, 0.5) is 0 Å². The smallest absolute Gasteiger partial charge is 0.355 e. The van der Waals surface area contributed by atoms with Gasteiger partial charge in [-0.25, -0.2) is 22.9 Å². The van der Waals surface area contributed by atoms with Crippen LogP contribution in [0.1, 0.15) is 15.5 Å². The number of nitrogens with one attached hydrogen (secondary N) is 1. The number of carboxylic acid groups (broad SMARTS) is 1. The van der Waals surface area contributed by atoms with Crippen LogP contribution >= 0.6 is 11.3 Å². The fourth-order valence-electron chi connectivity index (χ4n) is 0.876. The molecule has 16 heavy (non-hydrogen) atoms. The molecule has 0 spiro atoms. The molecule has 1 rings (SSSR count). The van der Waals surface area contributed by atoms with Crippen molar-refractivity contribution in [2.24, 2.45) is 0 Å². The standard InChI is InChI=1S/C8H10N2O4S2/c1-2-3-16(13,14)9-4-7-10-6(5-15-7)8(11)12/h2,5,9H,1,3-4H2,(H,11,12). The molecule has 0 amide bonds. The number of hydrogen-bond acceptors (Lipinski definition) is 5. The Bertz CT molecular complexity index is 492. The highest BCUT2D eigenvalue weighted by Gasteiger charge is 2.11. The highest BCUT2D eigenvalue weighted by atomic mass is 32.2. The second-order valence-corrected chi connectivity index (χ2v) is 5.62. The molecule has 0 saturated carbocycles. The molecule has 0 bridgehead atoms. The van der Waals surface area contributed by atoms with Crippen molar-refractivity contribution >= 4 is 27.3 Å². The minimum atomic E-state index is -3.39. The molecule has 1 aromatic heterocycles. The van der Waals surface area contributed by atoms with Gasteiger partial charge in [0.1, 0.15) is 5.01 Å². The SMILES string of the molecule is C=CCS(=O)(=O)NCc1nc(C(=O)O)cs1. The number of sulfonamides is 1. The van der Waals surface area contributed by atoms with Gasteiger partial charge in [-0.15, -0.1) is 17.9 Å². The lowest BCUT2D eigenvalue weighted by Gasteiger charge is -2.00. The summed E-state index contributed by atoms with van der Waals surface area (Å²) in [5, 5.41) is 10.4. The molecule has 0 aliphatic carbocycles. The van der Waals surface area contributed by atoms with Crippen molar-refractivity contribution in [1.82, 2.24) is 9.71 Å². The summed E-state index contributed by atoms with van der Waals surface area (Å²) in [6.45, 7) is 3.31. The average molecular weight is 262 g/mol. The molecule has 2 N–H and O–H groups in total. The lowest BCUT2D eigenvalue weighted by Crippen LogP contribution is -2.25. The third-order valence-corrected chi connectivity index (χ3v) is 3.66. The van der Waals surface area contributed by atoms with Crippen molar-refractivity contribution in [3.8, 4) is 0 Å². The number of thiazole rings is 1. The molecule has 6 nitrogen and oxygen atoms in total. The molecule has 0 saturated heterocycles. The third-order valence-electron chi connectivity index (χ3n) is 1.55. The second-order valence-electron chi connectivity index (χ2n) is 2.82. The van der Waals surface area contributed by atoms with E-state index in [0.717, 1.165) is 11.3 Å². The molecule has 0 aliphatic rings. The summed E-state index contributed by atoms with van der Waals surface area (Å²) in [4.78, 5) is 14.2. The molecule has 0 aromatic carbocycles. The Kier molecular flexibility index (Phi) is 4.16. The topological polar surface area (TPSA) is 96.4 Å². The molecule has 0 aliphatic heterocycles. The van der Waals surface area contributed by atoms with E-state index in [1.54, 1.807) is 0 Å². The Balaban J connectivity index is 2.61. The van der Waals surface area contributed by atoms with E-state index in [0.29, 0.717) is 5.01 Å². The molecule has 8 heteroatoms. The predicted molar refractivity (Wildman–Crippen MR) is 59.9 cm³/mol. The van der Waals surface area contributed by atoms with Gasteiger partial charge < -0.3 is 5.11 Å².